The number of benzene rings is 1. The number of fused-ring (bicyclic) bond motifs is 1. The molecule has 3 aromatic rings. The lowest BCUT2D eigenvalue weighted by Gasteiger charge is -2.08. The Kier molecular flexibility index (Phi) is 4.67. The number of unbranched alkanes of at least 4 members (excludes halogenated alkanes) is 1. The first-order valence-electron chi connectivity index (χ1n) is 7.76. The van der Waals surface area contributed by atoms with Gasteiger partial charge in [-0.2, -0.15) is 0 Å². The fourth-order valence-corrected chi connectivity index (χ4v) is 3.28. The van der Waals surface area contributed by atoms with E-state index in [0.29, 0.717) is 5.69 Å². The third kappa shape index (κ3) is 3.40. The molecule has 2 aromatic heterocycles. The van der Waals surface area contributed by atoms with Gasteiger partial charge in [-0.1, -0.05) is 13.3 Å². The molecule has 0 atom stereocenters. The molecule has 1 N–H and O–H groups in total. The molecule has 1 aromatic carbocycles. The van der Waals surface area contributed by atoms with Gasteiger partial charge in [-0.05, 0) is 48.2 Å². The Balaban J connectivity index is 1.67. The lowest BCUT2D eigenvalue weighted by atomic mass is 10.3. The molecule has 0 spiro atoms. The van der Waals surface area contributed by atoms with Crippen LogP contribution in [0.25, 0.3) is 10.2 Å². The van der Waals surface area contributed by atoms with Crippen molar-refractivity contribution in [3.63, 3.8) is 0 Å². The van der Waals surface area contributed by atoms with Crippen molar-refractivity contribution in [1.29, 1.82) is 0 Å². The lowest BCUT2D eigenvalue weighted by Crippen LogP contribution is -2.15. The van der Waals surface area contributed by atoms with E-state index in [2.05, 4.69) is 12.2 Å². The number of amides is 1. The zero-order chi connectivity index (χ0) is 16.2. The number of carbonyl (C=O) groups excluding carboxylic acids is 1. The quantitative estimate of drug-likeness (QED) is 0.668. The van der Waals surface area contributed by atoms with Crippen molar-refractivity contribution in [1.82, 2.24) is 4.57 Å². The minimum Gasteiger partial charge on any atom is -0.494 e. The summed E-state index contributed by atoms with van der Waals surface area (Å²) >= 11 is 1.64. The maximum absolute atomic E-state index is 12.4. The summed E-state index contributed by atoms with van der Waals surface area (Å²) in [5.74, 6) is 0.728. The van der Waals surface area contributed by atoms with Gasteiger partial charge in [0, 0.05) is 12.7 Å². The molecule has 3 rings (SSSR count). The van der Waals surface area contributed by atoms with Gasteiger partial charge in [-0.25, -0.2) is 0 Å². The standard InChI is InChI=1S/C18H20N2O2S/c1-3-4-10-22-14-7-5-13(6-8-14)19-18(21)16-12-17-15(20(16)2)9-11-23-17/h5-9,11-12H,3-4,10H2,1-2H3,(H,19,21). The van der Waals surface area contributed by atoms with Gasteiger partial charge in [0.15, 0.2) is 0 Å². The smallest absolute Gasteiger partial charge is 0.272 e. The summed E-state index contributed by atoms with van der Waals surface area (Å²) in [7, 11) is 1.91. The fourth-order valence-electron chi connectivity index (χ4n) is 2.43. The van der Waals surface area contributed by atoms with Gasteiger partial charge >= 0.3 is 0 Å². The van der Waals surface area contributed by atoms with Crippen molar-refractivity contribution in [2.75, 3.05) is 11.9 Å². The second-order valence-corrected chi connectivity index (χ2v) is 6.39. The second-order valence-electron chi connectivity index (χ2n) is 5.44. The van der Waals surface area contributed by atoms with E-state index in [4.69, 9.17) is 4.74 Å². The Bertz CT molecular complexity index is 802. The molecule has 0 unspecified atom stereocenters. The van der Waals surface area contributed by atoms with E-state index < -0.39 is 0 Å². The highest BCUT2D eigenvalue weighted by Gasteiger charge is 2.14. The monoisotopic (exact) mass is 328 g/mol. The summed E-state index contributed by atoms with van der Waals surface area (Å²) in [6.07, 6.45) is 2.16. The summed E-state index contributed by atoms with van der Waals surface area (Å²) < 4.78 is 8.67. The number of thiophene rings is 1. The maximum Gasteiger partial charge on any atom is 0.272 e. The molecular weight excluding hydrogens is 308 g/mol. The topological polar surface area (TPSA) is 43.3 Å². The zero-order valence-electron chi connectivity index (χ0n) is 13.3. The number of ether oxygens (including phenoxy) is 1. The van der Waals surface area contributed by atoms with E-state index in [9.17, 15) is 4.79 Å². The minimum absolute atomic E-state index is 0.101. The predicted molar refractivity (Wildman–Crippen MR) is 95.6 cm³/mol. The van der Waals surface area contributed by atoms with E-state index in [1.54, 1.807) is 11.3 Å². The molecule has 0 aliphatic carbocycles. The van der Waals surface area contributed by atoms with Gasteiger partial charge in [-0.15, -0.1) is 11.3 Å². The third-order valence-corrected chi connectivity index (χ3v) is 4.63. The molecule has 2 heterocycles. The van der Waals surface area contributed by atoms with Crippen LogP contribution < -0.4 is 10.1 Å². The van der Waals surface area contributed by atoms with Crippen LogP contribution in [0, 0.1) is 0 Å². The Morgan fingerprint density at radius 3 is 2.74 bits per heavy atom. The second kappa shape index (κ2) is 6.87. The van der Waals surface area contributed by atoms with E-state index in [0.717, 1.165) is 41.1 Å². The molecule has 1 amide bonds. The van der Waals surface area contributed by atoms with Crippen molar-refractivity contribution >= 4 is 33.1 Å². The summed E-state index contributed by atoms with van der Waals surface area (Å²) in [5.41, 5.74) is 2.51. The van der Waals surface area contributed by atoms with Crippen molar-refractivity contribution < 1.29 is 9.53 Å². The van der Waals surface area contributed by atoms with Gasteiger partial charge in [0.2, 0.25) is 0 Å². The summed E-state index contributed by atoms with van der Waals surface area (Å²) in [6.45, 7) is 2.86. The average Bonchev–Trinajstić information content (AvgIpc) is 3.13. The predicted octanol–water partition coefficient (Wildman–Crippen LogP) is 4.67. The summed E-state index contributed by atoms with van der Waals surface area (Å²) in [6, 6.07) is 11.5. The summed E-state index contributed by atoms with van der Waals surface area (Å²) in [5, 5.41) is 4.96. The van der Waals surface area contributed by atoms with Crippen LogP contribution in [0.1, 0.15) is 30.3 Å². The first-order valence-corrected chi connectivity index (χ1v) is 8.64. The molecule has 0 saturated carbocycles. The van der Waals surface area contributed by atoms with E-state index in [-0.39, 0.29) is 5.91 Å². The average molecular weight is 328 g/mol. The van der Waals surface area contributed by atoms with Gasteiger partial charge in [0.25, 0.3) is 5.91 Å². The van der Waals surface area contributed by atoms with Crippen molar-refractivity contribution in [2.45, 2.75) is 19.8 Å². The van der Waals surface area contributed by atoms with Gasteiger partial charge in [0.05, 0.1) is 16.8 Å². The highest BCUT2D eigenvalue weighted by Crippen LogP contribution is 2.25. The van der Waals surface area contributed by atoms with Crippen molar-refractivity contribution in [2.24, 2.45) is 7.05 Å². The van der Waals surface area contributed by atoms with Crippen molar-refractivity contribution in [3.05, 3.63) is 47.5 Å². The molecule has 0 bridgehead atoms. The SMILES string of the molecule is CCCCOc1ccc(NC(=O)c2cc3sccc3n2C)cc1. The third-order valence-electron chi connectivity index (χ3n) is 3.78. The number of nitrogens with one attached hydrogen (secondary N) is 1. The highest BCUT2D eigenvalue weighted by molar-refractivity contribution is 7.17. The molecule has 4 nitrogen and oxygen atoms in total. The molecule has 23 heavy (non-hydrogen) atoms. The zero-order valence-corrected chi connectivity index (χ0v) is 14.2. The van der Waals surface area contributed by atoms with Gasteiger partial charge in [0.1, 0.15) is 11.4 Å². The van der Waals surface area contributed by atoms with Gasteiger partial charge in [-0.3, -0.25) is 4.79 Å². The number of rotatable bonds is 6. The minimum atomic E-state index is -0.101. The highest BCUT2D eigenvalue weighted by atomic mass is 32.1. The Hall–Kier alpha value is -2.27. The fraction of sp³-hybridized carbons (Fsp3) is 0.278. The van der Waals surface area contributed by atoms with Crippen LogP contribution in [0.4, 0.5) is 5.69 Å². The first kappa shape index (κ1) is 15.6. The molecule has 0 aliphatic heterocycles. The first-order chi connectivity index (χ1) is 11.2. The molecule has 5 heteroatoms. The Morgan fingerprint density at radius 2 is 2.04 bits per heavy atom. The molecule has 120 valence electrons. The van der Waals surface area contributed by atoms with Crippen molar-refractivity contribution in [3.8, 4) is 5.75 Å². The number of carbonyl (C=O) groups is 1. The van der Waals surface area contributed by atoms with Crippen LogP contribution in [0.15, 0.2) is 41.8 Å². The number of hydrogen-bond donors (Lipinski definition) is 1. The van der Waals surface area contributed by atoms with E-state index >= 15 is 0 Å². The van der Waals surface area contributed by atoms with Crippen LogP contribution in [-0.4, -0.2) is 17.1 Å². The molecule has 0 aliphatic rings. The number of aromatic nitrogens is 1. The number of nitrogens with zero attached hydrogens (tertiary/aromatic N) is 1. The normalized spacial score (nSPS) is 10.9. The van der Waals surface area contributed by atoms with Crippen LogP contribution in [0.3, 0.4) is 0 Å². The molecular formula is C18H20N2O2S. The largest absolute Gasteiger partial charge is 0.494 e. The lowest BCUT2D eigenvalue weighted by molar-refractivity contribution is 0.101. The number of aryl methyl sites for hydroxylation is 1. The van der Waals surface area contributed by atoms with E-state index in [1.807, 2.05) is 53.4 Å². The number of hydrogen-bond acceptors (Lipinski definition) is 3. The van der Waals surface area contributed by atoms with Crippen LogP contribution in [0.5, 0.6) is 5.75 Å². The number of anilines is 1. The molecule has 0 radical (unpaired) electrons. The summed E-state index contributed by atoms with van der Waals surface area (Å²) in [4.78, 5) is 12.4. The molecule has 0 fully saturated rings. The van der Waals surface area contributed by atoms with Gasteiger partial charge < -0.3 is 14.6 Å². The van der Waals surface area contributed by atoms with Crippen LogP contribution in [0.2, 0.25) is 0 Å². The Morgan fingerprint density at radius 1 is 1.26 bits per heavy atom. The van der Waals surface area contributed by atoms with Crippen LogP contribution >= 0.6 is 11.3 Å². The molecule has 0 saturated heterocycles. The van der Waals surface area contributed by atoms with Crippen LogP contribution in [-0.2, 0) is 7.05 Å². The maximum atomic E-state index is 12.4. The van der Waals surface area contributed by atoms with E-state index in [1.165, 1.54) is 0 Å². The Labute approximate surface area is 139 Å².